The lowest BCUT2D eigenvalue weighted by molar-refractivity contribution is 0.577. The van der Waals surface area contributed by atoms with Crippen LogP contribution >= 0.6 is 24.0 Å². The van der Waals surface area contributed by atoms with Crippen LogP contribution in [0.1, 0.15) is 5.56 Å². The Morgan fingerprint density at radius 1 is 0.773 bits per heavy atom. The van der Waals surface area contributed by atoms with Gasteiger partial charge in [0, 0.05) is 5.02 Å². The zero-order chi connectivity index (χ0) is 15.7. The number of halogens is 2. The summed E-state index contributed by atoms with van der Waals surface area (Å²) >= 11 is 5.67. The topological polar surface area (TPSA) is 80.3 Å². The molecule has 0 atom stereocenters. The van der Waals surface area contributed by atoms with Crippen molar-refractivity contribution in [2.24, 2.45) is 0 Å². The van der Waals surface area contributed by atoms with Crippen molar-refractivity contribution in [1.29, 1.82) is 0 Å². The molecule has 2 aromatic rings. The predicted octanol–water partition coefficient (Wildman–Crippen LogP) is 2.74. The molecule has 120 valence electrons. The molecule has 0 saturated carbocycles. The average Bonchev–Trinajstić information content (AvgIpc) is 2.38. The minimum absolute atomic E-state index is 0. The SMILES string of the molecule is Cc1ccc(S(=O)(=O)NS(=O)(=O)c2ccc(Cl)cc2)cc1.Cl. The van der Waals surface area contributed by atoms with E-state index in [1.807, 2.05) is 0 Å². The molecule has 2 aromatic carbocycles. The maximum atomic E-state index is 12.1. The van der Waals surface area contributed by atoms with Gasteiger partial charge in [0.1, 0.15) is 0 Å². The molecule has 22 heavy (non-hydrogen) atoms. The molecule has 1 N–H and O–H groups in total. The molecule has 0 aliphatic rings. The van der Waals surface area contributed by atoms with E-state index in [2.05, 4.69) is 0 Å². The van der Waals surface area contributed by atoms with Crippen LogP contribution in [0, 0.1) is 6.92 Å². The van der Waals surface area contributed by atoms with Crippen molar-refractivity contribution in [3.8, 4) is 0 Å². The van der Waals surface area contributed by atoms with Crippen LogP contribution in [0.5, 0.6) is 0 Å². The highest BCUT2D eigenvalue weighted by Gasteiger charge is 2.24. The molecular formula is C13H13Cl2NO4S2. The first-order valence-corrected chi connectivity index (χ1v) is 9.16. The second-order valence-corrected chi connectivity index (χ2v) is 8.42. The number of rotatable bonds is 4. The summed E-state index contributed by atoms with van der Waals surface area (Å²) in [6, 6.07) is 11.1. The van der Waals surface area contributed by atoms with Crippen LogP contribution in [-0.2, 0) is 20.0 Å². The van der Waals surface area contributed by atoms with E-state index in [9.17, 15) is 16.8 Å². The maximum Gasteiger partial charge on any atom is 0.253 e. The molecular weight excluding hydrogens is 369 g/mol. The third-order valence-electron chi connectivity index (χ3n) is 2.67. The van der Waals surface area contributed by atoms with Crippen molar-refractivity contribution in [1.82, 2.24) is 4.13 Å². The Morgan fingerprint density at radius 3 is 1.55 bits per heavy atom. The van der Waals surface area contributed by atoms with Crippen molar-refractivity contribution < 1.29 is 16.8 Å². The number of hydrogen-bond donors (Lipinski definition) is 1. The molecule has 0 unspecified atom stereocenters. The van der Waals surface area contributed by atoms with Crippen LogP contribution in [-0.4, -0.2) is 16.8 Å². The molecule has 5 nitrogen and oxygen atoms in total. The first-order valence-electron chi connectivity index (χ1n) is 5.81. The Kier molecular flexibility index (Phi) is 6.00. The summed E-state index contributed by atoms with van der Waals surface area (Å²) in [6.07, 6.45) is 0. The largest absolute Gasteiger partial charge is 0.253 e. The molecule has 0 saturated heterocycles. The Hall–Kier alpha value is -1.12. The monoisotopic (exact) mass is 381 g/mol. The maximum absolute atomic E-state index is 12.1. The Labute approximate surface area is 140 Å². The lowest BCUT2D eigenvalue weighted by Crippen LogP contribution is -2.30. The standard InChI is InChI=1S/C13H12ClNO4S2.ClH/c1-10-2-6-12(7-3-10)20(16,17)15-21(18,19)13-8-4-11(14)5-9-13;/h2-9,15H,1H3;1H. The lowest BCUT2D eigenvalue weighted by Gasteiger charge is -2.08. The van der Waals surface area contributed by atoms with Gasteiger partial charge in [-0.15, -0.1) is 16.5 Å². The number of sulfonamides is 2. The summed E-state index contributed by atoms with van der Waals surface area (Å²) in [5.74, 6) is 0. The highest BCUT2D eigenvalue weighted by molar-refractivity contribution is 8.04. The summed E-state index contributed by atoms with van der Waals surface area (Å²) in [5.41, 5.74) is 0.870. The second-order valence-electron chi connectivity index (χ2n) is 4.36. The van der Waals surface area contributed by atoms with Gasteiger partial charge >= 0.3 is 0 Å². The fraction of sp³-hybridized carbons (Fsp3) is 0.0769. The fourth-order valence-electron chi connectivity index (χ4n) is 1.57. The molecule has 0 aliphatic heterocycles. The van der Waals surface area contributed by atoms with Gasteiger partial charge in [-0.25, -0.2) is 16.8 Å². The van der Waals surface area contributed by atoms with E-state index in [1.165, 1.54) is 36.4 Å². The van der Waals surface area contributed by atoms with Gasteiger partial charge in [0.2, 0.25) is 0 Å². The van der Waals surface area contributed by atoms with E-state index >= 15 is 0 Å². The second kappa shape index (κ2) is 6.97. The van der Waals surface area contributed by atoms with E-state index in [1.54, 1.807) is 23.2 Å². The summed E-state index contributed by atoms with van der Waals surface area (Å²) in [5, 5.41) is 0.357. The smallest absolute Gasteiger partial charge is 0.206 e. The molecule has 0 aromatic heterocycles. The number of nitrogens with one attached hydrogen (secondary N) is 1. The quantitative estimate of drug-likeness (QED) is 0.882. The third kappa shape index (κ3) is 4.44. The Bertz CT molecular complexity index is 772. The van der Waals surface area contributed by atoms with Crippen LogP contribution in [0.15, 0.2) is 58.3 Å². The van der Waals surface area contributed by atoms with Gasteiger partial charge < -0.3 is 0 Å². The average molecular weight is 382 g/mol. The Balaban J connectivity index is 0.00000242. The summed E-state index contributed by atoms with van der Waals surface area (Å²) in [7, 11) is -8.35. The van der Waals surface area contributed by atoms with Crippen LogP contribution in [0.2, 0.25) is 5.02 Å². The minimum atomic E-state index is -4.19. The first kappa shape index (κ1) is 18.9. The molecule has 0 heterocycles. The fourth-order valence-corrected chi connectivity index (χ4v) is 4.61. The van der Waals surface area contributed by atoms with Gasteiger partial charge in [0.05, 0.1) is 9.79 Å². The van der Waals surface area contributed by atoms with Crippen molar-refractivity contribution in [3.05, 3.63) is 59.1 Å². The van der Waals surface area contributed by atoms with E-state index in [4.69, 9.17) is 11.6 Å². The van der Waals surface area contributed by atoms with Crippen molar-refractivity contribution >= 4 is 44.1 Å². The number of benzene rings is 2. The van der Waals surface area contributed by atoms with Crippen molar-refractivity contribution in [2.45, 2.75) is 16.7 Å². The van der Waals surface area contributed by atoms with Gasteiger partial charge in [0.25, 0.3) is 20.0 Å². The van der Waals surface area contributed by atoms with Crippen LogP contribution in [0.25, 0.3) is 0 Å². The van der Waals surface area contributed by atoms with Crippen LogP contribution in [0.4, 0.5) is 0 Å². The van der Waals surface area contributed by atoms with Crippen LogP contribution in [0.3, 0.4) is 0 Å². The highest BCUT2D eigenvalue weighted by Crippen LogP contribution is 2.17. The summed E-state index contributed by atoms with van der Waals surface area (Å²) in [4.78, 5) is -0.298. The molecule has 0 spiro atoms. The lowest BCUT2D eigenvalue weighted by atomic mass is 10.2. The molecule has 0 aliphatic carbocycles. The van der Waals surface area contributed by atoms with E-state index < -0.39 is 20.0 Å². The summed E-state index contributed by atoms with van der Waals surface area (Å²) < 4.78 is 50.0. The zero-order valence-corrected chi connectivity index (χ0v) is 14.6. The van der Waals surface area contributed by atoms with E-state index in [-0.39, 0.29) is 22.2 Å². The summed E-state index contributed by atoms with van der Waals surface area (Å²) in [6.45, 7) is 1.80. The van der Waals surface area contributed by atoms with E-state index in [0.29, 0.717) is 5.02 Å². The van der Waals surface area contributed by atoms with E-state index in [0.717, 1.165) is 5.56 Å². The Morgan fingerprint density at radius 2 is 1.14 bits per heavy atom. The van der Waals surface area contributed by atoms with Crippen molar-refractivity contribution in [3.63, 3.8) is 0 Å². The molecule has 0 radical (unpaired) electrons. The van der Waals surface area contributed by atoms with Gasteiger partial charge in [-0.1, -0.05) is 29.3 Å². The molecule has 0 bridgehead atoms. The first-order chi connectivity index (χ1) is 9.71. The highest BCUT2D eigenvalue weighted by atomic mass is 35.5. The zero-order valence-electron chi connectivity index (χ0n) is 11.4. The van der Waals surface area contributed by atoms with Gasteiger partial charge in [-0.05, 0) is 43.3 Å². The van der Waals surface area contributed by atoms with Crippen molar-refractivity contribution in [2.75, 3.05) is 0 Å². The molecule has 2 rings (SSSR count). The van der Waals surface area contributed by atoms with Crippen LogP contribution < -0.4 is 4.13 Å². The normalized spacial score (nSPS) is 11.7. The third-order valence-corrected chi connectivity index (χ3v) is 6.47. The van der Waals surface area contributed by atoms with Gasteiger partial charge in [-0.3, -0.25) is 0 Å². The van der Waals surface area contributed by atoms with Gasteiger partial charge in [-0.2, -0.15) is 0 Å². The molecule has 9 heteroatoms. The minimum Gasteiger partial charge on any atom is -0.206 e. The number of aryl methyl sites for hydroxylation is 1. The molecule has 0 fully saturated rings. The predicted molar refractivity (Wildman–Crippen MR) is 87.4 cm³/mol. The number of hydrogen-bond acceptors (Lipinski definition) is 4. The van der Waals surface area contributed by atoms with Gasteiger partial charge in [0.15, 0.2) is 0 Å². The molecule has 0 amide bonds.